The smallest absolute Gasteiger partial charge is 0.404 e. The summed E-state index contributed by atoms with van der Waals surface area (Å²) >= 11 is 1.83. The fraction of sp³-hybridized carbons (Fsp3) is 0.294. The molecule has 0 aliphatic carbocycles. The van der Waals surface area contributed by atoms with E-state index in [2.05, 4.69) is 12.1 Å². The maximum atomic E-state index is 12.7. The summed E-state index contributed by atoms with van der Waals surface area (Å²) in [6, 6.07) is 19.3. The second-order valence-electron chi connectivity index (χ2n) is 5.60. The molecule has 6 heteroatoms. The molecule has 2 aliphatic rings. The molecule has 4 nitrogen and oxygen atoms in total. The number of para-hydroxylation sites is 1. The van der Waals surface area contributed by atoms with Crippen LogP contribution in [0.5, 0.6) is 5.75 Å². The first-order valence-electron chi connectivity index (χ1n) is 7.60. The van der Waals surface area contributed by atoms with Gasteiger partial charge in [-0.2, -0.15) is 0 Å². The normalized spacial score (nSPS) is 33.1. The SMILES string of the molecule is O=[P@]1(Oc2ccccc2)OC[C@@H]2S[C@H](c3ccccc3)C[C@H]2O1. The van der Waals surface area contributed by atoms with Gasteiger partial charge in [0.15, 0.2) is 0 Å². The molecule has 0 radical (unpaired) electrons. The molecule has 0 unspecified atom stereocenters. The lowest BCUT2D eigenvalue weighted by molar-refractivity contribution is 0.0586. The molecular formula is C17H17O4PS. The van der Waals surface area contributed by atoms with E-state index in [-0.39, 0.29) is 11.4 Å². The number of benzene rings is 2. The molecule has 2 saturated heterocycles. The summed E-state index contributed by atoms with van der Waals surface area (Å²) in [7, 11) is -3.54. The first kappa shape index (κ1) is 15.3. The Bertz CT molecular complexity index is 709. The molecule has 0 saturated carbocycles. The van der Waals surface area contributed by atoms with Gasteiger partial charge in [-0.25, -0.2) is 4.57 Å². The molecule has 0 bridgehead atoms. The predicted octanol–water partition coefficient (Wildman–Crippen LogP) is 4.84. The van der Waals surface area contributed by atoms with Crippen LogP contribution in [-0.4, -0.2) is 18.0 Å². The lowest BCUT2D eigenvalue weighted by Gasteiger charge is -2.30. The molecule has 4 atom stereocenters. The highest BCUT2D eigenvalue weighted by Crippen LogP contribution is 2.60. The van der Waals surface area contributed by atoms with Gasteiger partial charge in [0.25, 0.3) is 0 Å². The molecule has 2 heterocycles. The quantitative estimate of drug-likeness (QED) is 0.743. The zero-order valence-corrected chi connectivity index (χ0v) is 14.1. The van der Waals surface area contributed by atoms with Gasteiger partial charge >= 0.3 is 7.82 Å². The predicted molar refractivity (Wildman–Crippen MR) is 90.7 cm³/mol. The number of thioether (sulfide) groups is 1. The largest absolute Gasteiger partial charge is 0.530 e. The number of hydrogen-bond acceptors (Lipinski definition) is 5. The second kappa shape index (κ2) is 6.33. The lowest BCUT2D eigenvalue weighted by Crippen LogP contribution is -2.31. The zero-order valence-electron chi connectivity index (χ0n) is 12.4. The summed E-state index contributed by atoms with van der Waals surface area (Å²) in [6.07, 6.45) is 0.721. The molecule has 0 aromatic heterocycles. The topological polar surface area (TPSA) is 44.8 Å². The highest BCUT2D eigenvalue weighted by Gasteiger charge is 2.47. The minimum atomic E-state index is -3.54. The van der Waals surface area contributed by atoms with Crippen LogP contribution < -0.4 is 4.52 Å². The van der Waals surface area contributed by atoms with Crippen LogP contribution in [0.2, 0.25) is 0 Å². The van der Waals surface area contributed by atoms with Crippen LogP contribution >= 0.6 is 19.6 Å². The Labute approximate surface area is 139 Å². The number of phosphoric ester groups is 1. The fourth-order valence-corrected chi connectivity index (χ4v) is 6.03. The van der Waals surface area contributed by atoms with E-state index in [9.17, 15) is 4.57 Å². The lowest BCUT2D eigenvalue weighted by atomic mass is 10.1. The van der Waals surface area contributed by atoms with Crippen molar-refractivity contribution in [3.05, 3.63) is 66.2 Å². The molecular weight excluding hydrogens is 331 g/mol. The first-order valence-corrected chi connectivity index (χ1v) is 10.0. The molecule has 0 N–H and O–H groups in total. The van der Waals surface area contributed by atoms with Gasteiger partial charge in [0.2, 0.25) is 0 Å². The van der Waals surface area contributed by atoms with Crippen LogP contribution in [-0.2, 0) is 13.6 Å². The van der Waals surface area contributed by atoms with Crippen molar-refractivity contribution in [1.82, 2.24) is 0 Å². The van der Waals surface area contributed by atoms with Gasteiger partial charge in [0, 0.05) is 5.25 Å². The van der Waals surface area contributed by atoms with Crippen molar-refractivity contribution in [2.75, 3.05) is 6.61 Å². The van der Waals surface area contributed by atoms with E-state index in [0.29, 0.717) is 17.6 Å². The Morgan fingerprint density at radius 3 is 2.48 bits per heavy atom. The fourth-order valence-electron chi connectivity index (χ4n) is 2.88. The van der Waals surface area contributed by atoms with Gasteiger partial charge in [-0.1, -0.05) is 48.5 Å². The van der Waals surface area contributed by atoms with Gasteiger partial charge in [-0.3, -0.25) is 9.05 Å². The zero-order chi connectivity index (χ0) is 15.7. The van der Waals surface area contributed by atoms with Crippen LogP contribution in [0.25, 0.3) is 0 Å². The third kappa shape index (κ3) is 3.33. The number of fused-ring (bicyclic) bond motifs is 1. The number of hydrogen-bond donors (Lipinski definition) is 0. The van der Waals surface area contributed by atoms with Crippen LogP contribution in [0.1, 0.15) is 17.2 Å². The Morgan fingerprint density at radius 2 is 1.74 bits per heavy atom. The monoisotopic (exact) mass is 348 g/mol. The first-order chi connectivity index (χ1) is 11.2. The molecule has 4 rings (SSSR count). The minimum absolute atomic E-state index is 0.103. The molecule has 23 heavy (non-hydrogen) atoms. The van der Waals surface area contributed by atoms with E-state index in [4.69, 9.17) is 13.6 Å². The molecule has 120 valence electrons. The highest BCUT2D eigenvalue weighted by atomic mass is 32.2. The van der Waals surface area contributed by atoms with E-state index in [0.717, 1.165) is 6.42 Å². The van der Waals surface area contributed by atoms with Crippen LogP contribution in [0.3, 0.4) is 0 Å². The molecule has 0 spiro atoms. The van der Waals surface area contributed by atoms with Crippen LogP contribution in [0, 0.1) is 0 Å². The van der Waals surface area contributed by atoms with Crippen molar-refractivity contribution >= 4 is 19.6 Å². The maximum absolute atomic E-state index is 12.7. The average molecular weight is 348 g/mol. The number of phosphoric acid groups is 1. The van der Waals surface area contributed by atoms with Crippen LogP contribution in [0.4, 0.5) is 0 Å². The average Bonchev–Trinajstić information content (AvgIpc) is 2.99. The van der Waals surface area contributed by atoms with Gasteiger partial charge in [-0.05, 0) is 24.1 Å². The third-order valence-corrected chi connectivity index (χ3v) is 7.00. The molecule has 0 amide bonds. The number of rotatable bonds is 3. The summed E-state index contributed by atoms with van der Waals surface area (Å²) in [6.45, 7) is 0.392. The van der Waals surface area contributed by atoms with E-state index in [1.54, 1.807) is 12.1 Å². The minimum Gasteiger partial charge on any atom is -0.404 e. The van der Waals surface area contributed by atoms with Gasteiger partial charge in [0.05, 0.1) is 18.0 Å². The summed E-state index contributed by atoms with van der Waals surface area (Å²) in [5.74, 6) is 0.500. The standard InChI is InChI=1S/C17H17O4PS/c18-22(20-14-9-5-2-6-10-14)19-12-17-15(21-22)11-16(23-17)13-7-3-1-4-8-13/h1-10,15-17H,11-12H2/t15-,16+,17+,22-/m1/s1. The molecule has 2 fully saturated rings. The van der Waals surface area contributed by atoms with Crippen molar-refractivity contribution < 1.29 is 18.1 Å². The Kier molecular flexibility index (Phi) is 4.20. The Balaban J connectivity index is 1.46. The van der Waals surface area contributed by atoms with Gasteiger partial charge in [0.1, 0.15) is 5.75 Å². The van der Waals surface area contributed by atoms with E-state index in [1.165, 1.54) is 5.56 Å². The maximum Gasteiger partial charge on any atom is 0.530 e. The van der Waals surface area contributed by atoms with Crippen molar-refractivity contribution in [3.63, 3.8) is 0 Å². The van der Waals surface area contributed by atoms with Crippen molar-refractivity contribution in [1.29, 1.82) is 0 Å². The van der Waals surface area contributed by atoms with Crippen molar-refractivity contribution in [2.24, 2.45) is 0 Å². The molecule has 2 aromatic rings. The third-order valence-electron chi connectivity index (χ3n) is 3.99. The van der Waals surface area contributed by atoms with Crippen molar-refractivity contribution in [3.8, 4) is 5.75 Å². The molecule has 2 aliphatic heterocycles. The Morgan fingerprint density at radius 1 is 1.04 bits per heavy atom. The summed E-state index contributed by atoms with van der Waals surface area (Å²) < 4.78 is 29.4. The van der Waals surface area contributed by atoms with Gasteiger partial charge in [-0.15, -0.1) is 11.8 Å². The van der Waals surface area contributed by atoms with Crippen LogP contribution in [0.15, 0.2) is 60.7 Å². The van der Waals surface area contributed by atoms with E-state index in [1.807, 2.05) is 48.2 Å². The summed E-state index contributed by atoms with van der Waals surface area (Å²) in [5.41, 5.74) is 1.27. The summed E-state index contributed by atoms with van der Waals surface area (Å²) in [5, 5.41) is 0.541. The summed E-state index contributed by atoms with van der Waals surface area (Å²) in [4.78, 5) is 0. The van der Waals surface area contributed by atoms with Gasteiger partial charge < -0.3 is 4.52 Å². The second-order valence-corrected chi connectivity index (χ2v) is 8.59. The van der Waals surface area contributed by atoms with E-state index >= 15 is 0 Å². The Hall–Kier alpha value is -1.26. The van der Waals surface area contributed by atoms with E-state index < -0.39 is 7.82 Å². The molecule has 2 aromatic carbocycles. The highest BCUT2D eigenvalue weighted by molar-refractivity contribution is 8.00. The van der Waals surface area contributed by atoms with Crippen molar-refractivity contribution in [2.45, 2.75) is 23.0 Å².